The maximum atomic E-state index is 10.4. The molecule has 0 aromatic carbocycles. The van der Waals surface area contributed by atoms with Crippen LogP contribution in [0.5, 0.6) is 0 Å². The molecule has 19 heavy (non-hydrogen) atoms. The minimum absolute atomic E-state index is 0.240. The van der Waals surface area contributed by atoms with Crippen molar-refractivity contribution in [2.24, 2.45) is 5.41 Å². The fourth-order valence-corrected chi connectivity index (χ4v) is 3.01. The van der Waals surface area contributed by atoms with Gasteiger partial charge in [0.15, 0.2) is 0 Å². The summed E-state index contributed by atoms with van der Waals surface area (Å²) in [6.45, 7) is 8.71. The monoisotopic (exact) mass is 280 g/mol. The molecule has 1 unspecified atom stereocenters. The summed E-state index contributed by atoms with van der Waals surface area (Å²) >= 11 is 1.66. The Morgan fingerprint density at radius 3 is 2.68 bits per heavy atom. The van der Waals surface area contributed by atoms with Crippen molar-refractivity contribution in [2.75, 3.05) is 6.26 Å². The lowest BCUT2D eigenvalue weighted by Gasteiger charge is -2.33. The largest absolute Gasteiger partial charge is 0.386 e. The van der Waals surface area contributed by atoms with Crippen LogP contribution in [0.25, 0.3) is 0 Å². The highest BCUT2D eigenvalue weighted by Gasteiger charge is 2.27. The van der Waals surface area contributed by atoms with E-state index in [1.165, 1.54) is 30.4 Å². The van der Waals surface area contributed by atoms with Gasteiger partial charge in [0.05, 0.1) is 5.60 Å². The highest BCUT2D eigenvalue weighted by molar-refractivity contribution is 8.01. The topological polar surface area (TPSA) is 20.2 Å². The third kappa shape index (κ3) is 5.19. The molecule has 0 saturated carbocycles. The van der Waals surface area contributed by atoms with Crippen LogP contribution in [0.2, 0.25) is 0 Å². The zero-order valence-electron chi connectivity index (χ0n) is 13.0. The minimum atomic E-state index is -0.757. The van der Waals surface area contributed by atoms with E-state index >= 15 is 0 Å². The molecule has 0 radical (unpaired) electrons. The summed E-state index contributed by atoms with van der Waals surface area (Å²) in [6, 6.07) is 0. The first-order valence-corrected chi connectivity index (χ1v) is 8.37. The smallest absolute Gasteiger partial charge is 0.0837 e. The lowest BCUT2D eigenvalue weighted by molar-refractivity contribution is 0.115. The van der Waals surface area contributed by atoms with E-state index in [4.69, 9.17) is 0 Å². The van der Waals surface area contributed by atoms with Crippen molar-refractivity contribution in [3.05, 3.63) is 34.8 Å². The highest BCUT2D eigenvalue weighted by Crippen LogP contribution is 2.41. The number of rotatable bonds is 5. The summed E-state index contributed by atoms with van der Waals surface area (Å²) in [4.78, 5) is 0. The number of hydrogen-bond acceptors (Lipinski definition) is 2. The Labute approximate surface area is 122 Å². The van der Waals surface area contributed by atoms with Crippen LogP contribution in [0.15, 0.2) is 34.8 Å². The molecule has 1 nitrogen and oxygen atoms in total. The standard InChI is InChI=1S/C17H28OS/c1-14-8-6-10-16(2,3)15(14)9-12-17(4,18)11-7-13-19-5/h7,9,12-13,18H,6,8,10-11H2,1-5H3/b12-9+,13-7+. The van der Waals surface area contributed by atoms with Crippen LogP contribution in [0.3, 0.4) is 0 Å². The Bertz CT molecular complexity index is 386. The lowest BCUT2D eigenvalue weighted by Crippen LogP contribution is -2.22. The number of aliphatic hydroxyl groups is 1. The average Bonchev–Trinajstić information content (AvgIpc) is 2.27. The van der Waals surface area contributed by atoms with Crippen LogP contribution in [0.4, 0.5) is 0 Å². The molecule has 0 aromatic rings. The second-order valence-corrected chi connectivity index (χ2v) is 7.18. The van der Waals surface area contributed by atoms with Gasteiger partial charge in [-0.3, -0.25) is 0 Å². The van der Waals surface area contributed by atoms with E-state index in [0.717, 1.165) is 0 Å². The van der Waals surface area contributed by atoms with Gasteiger partial charge in [0, 0.05) is 0 Å². The number of thioether (sulfide) groups is 1. The van der Waals surface area contributed by atoms with Crippen molar-refractivity contribution in [3.8, 4) is 0 Å². The molecule has 1 N–H and O–H groups in total. The molecule has 1 atom stereocenters. The Morgan fingerprint density at radius 2 is 2.11 bits per heavy atom. The van der Waals surface area contributed by atoms with E-state index in [1.807, 2.05) is 30.7 Å². The molecule has 2 heteroatoms. The Hall–Kier alpha value is -0.470. The summed E-state index contributed by atoms with van der Waals surface area (Å²) in [6.07, 6.45) is 12.5. The van der Waals surface area contributed by atoms with Crippen molar-refractivity contribution >= 4 is 11.8 Å². The van der Waals surface area contributed by atoms with Gasteiger partial charge in [0.1, 0.15) is 0 Å². The Kier molecular flexibility index (Phi) is 5.94. The lowest BCUT2D eigenvalue weighted by atomic mass is 9.72. The summed E-state index contributed by atoms with van der Waals surface area (Å²) < 4.78 is 0. The molecule has 1 aliphatic rings. The van der Waals surface area contributed by atoms with Gasteiger partial charge in [-0.05, 0) is 62.2 Å². The average molecular weight is 280 g/mol. The first kappa shape index (κ1) is 16.6. The van der Waals surface area contributed by atoms with Crippen LogP contribution in [-0.2, 0) is 0 Å². The van der Waals surface area contributed by atoms with Crippen molar-refractivity contribution in [2.45, 2.75) is 59.0 Å². The fourth-order valence-electron chi connectivity index (χ4n) is 2.72. The highest BCUT2D eigenvalue weighted by atomic mass is 32.2. The van der Waals surface area contributed by atoms with Gasteiger partial charge in [0.2, 0.25) is 0 Å². The molecule has 0 amide bonds. The molecule has 0 spiro atoms. The van der Waals surface area contributed by atoms with Crippen molar-refractivity contribution in [1.29, 1.82) is 0 Å². The molecule has 1 rings (SSSR count). The molecule has 1 aliphatic carbocycles. The van der Waals surface area contributed by atoms with E-state index < -0.39 is 5.60 Å². The van der Waals surface area contributed by atoms with Crippen LogP contribution in [0, 0.1) is 5.41 Å². The summed E-state index contributed by atoms with van der Waals surface area (Å²) in [5.41, 5.74) is 2.37. The molecule has 0 aromatic heterocycles. The fraction of sp³-hybridized carbons (Fsp3) is 0.647. The van der Waals surface area contributed by atoms with Crippen LogP contribution in [-0.4, -0.2) is 17.0 Å². The van der Waals surface area contributed by atoms with E-state index in [-0.39, 0.29) is 5.41 Å². The van der Waals surface area contributed by atoms with Crippen molar-refractivity contribution < 1.29 is 5.11 Å². The minimum Gasteiger partial charge on any atom is -0.386 e. The van der Waals surface area contributed by atoms with Gasteiger partial charge in [0.25, 0.3) is 0 Å². The quantitative estimate of drug-likeness (QED) is 0.757. The Balaban J connectivity index is 2.81. The first-order valence-electron chi connectivity index (χ1n) is 7.08. The molecule has 0 fully saturated rings. The molecule has 0 bridgehead atoms. The first-order chi connectivity index (χ1) is 8.78. The zero-order valence-corrected chi connectivity index (χ0v) is 13.8. The molecule has 0 saturated heterocycles. The number of allylic oxidation sites excluding steroid dienone is 3. The van der Waals surface area contributed by atoms with Gasteiger partial charge in [-0.25, -0.2) is 0 Å². The third-order valence-electron chi connectivity index (χ3n) is 3.91. The van der Waals surface area contributed by atoms with E-state index in [2.05, 4.69) is 26.8 Å². The van der Waals surface area contributed by atoms with Gasteiger partial charge in [-0.15, -0.1) is 11.8 Å². The summed E-state index contributed by atoms with van der Waals surface area (Å²) in [5.74, 6) is 0. The predicted octanol–water partition coefficient (Wildman–Crippen LogP) is 5.09. The van der Waals surface area contributed by atoms with Crippen LogP contribution < -0.4 is 0 Å². The predicted molar refractivity (Wildman–Crippen MR) is 87.4 cm³/mol. The summed E-state index contributed by atoms with van der Waals surface area (Å²) in [5, 5.41) is 12.4. The summed E-state index contributed by atoms with van der Waals surface area (Å²) in [7, 11) is 0. The van der Waals surface area contributed by atoms with Gasteiger partial charge in [-0.1, -0.05) is 37.6 Å². The number of hydrogen-bond donors (Lipinski definition) is 1. The molecular formula is C17H28OS. The van der Waals surface area contributed by atoms with Gasteiger partial charge < -0.3 is 5.11 Å². The van der Waals surface area contributed by atoms with E-state index in [1.54, 1.807) is 11.8 Å². The van der Waals surface area contributed by atoms with E-state index in [9.17, 15) is 5.11 Å². The van der Waals surface area contributed by atoms with Gasteiger partial charge >= 0.3 is 0 Å². The molecule has 0 aliphatic heterocycles. The maximum absolute atomic E-state index is 10.4. The second kappa shape index (κ2) is 6.81. The molecule has 0 heterocycles. The third-order valence-corrected chi connectivity index (χ3v) is 4.38. The normalized spacial score (nSPS) is 23.3. The molecule has 108 valence electrons. The molecular weight excluding hydrogens is 252 g/mol. The Morgan fingerprint density at radius 1 is 1.42 bits per heavy atom. The van der Waals surface area contributed by atoms with Crippen molar-refractivity contribution in [3.63, 3.8) is 0 Å². The van der Waals surface area contributed by atoms with Crippen LogP contribution >= 0.6 is 11.8 Å². The maximum Gasteiger partial charge on any atom is 0.0837 e. The zero-order chi connectivity index (χ0) is 14.5. The van der Waals surface area contributed by atoms with Crippen LogP contribution in [0.1, 0.15) is 53.4 Å². The van der Waals surface area contributed by atoms with E-state index in [0.29, 0.717) is 6.42 Å². The SMILES string of the molecule is CS/C=C/CC(C)(O)/C=C/C1=C(C)CCCC1(C)C. The second-order valence-electron chi connectivity index (χ2n) is 6.43. The van der Waals surface area contributed by atoms with Crippen molar-refractivity contribution in [1.82, 2.24) is 0 Å². The van der Waals surface area contributed by atoms with Gasteiger partial charge in [-0.2, -0.15) is 0 Å².